The van der Waals surface area contributed by atoms with Crippen molar-refractivity contribution in [3.63, 3.8) is 0 Å². The first kappa shape index (κ1) is 10.3. The van der Waals surface area contributed by atoms with Gasteiger partial charge in [0.2, 0.25) is 0 Å². The van der Waals surface area contributed by atoms with E-state index in [1.807, 2.05) is 0 Å². The Balaban J connectivity index is 1.72. The molecule has 0 amide bonds. The molecule has 2 aliphatic heterocycles. The summed E-state index contributed by atoms with van der Waals surface area (Å²) in [6.45, 7) is 3.22. The van der Waals surface area contributed by atoms with E-state index in [-0.39, 0.29) is 0 Å². The topological polar surface area (TPSA) is 12.5 Å². The van der Waals surface area contributed by atoms with Crippen molar-refractivity contribution in [3.8, 4) is 0 Å². The fourth-order valence-corrected chi connectivity index (χ4v) is 2.77. The highest BCUT2D eigenvalue weighted by molar-refractivity contribution is 5.28. The fraction of sp³-hybridized carbons (Fsp3) is 0.571. The molecule has 1 saturated heterocycles. The van der Waals surface area contributed by atoms with Crippen LogP contribution in [-0.2, 0) is 17.8 Å². The molecule has 0 aliphatic carbocycles. The Morgan fingerprint density at radius 2 is 1.75 bits per heavy atom. The van der Waals surface area contributed by atoms with Gasteiger partial charge in [-0.05, 0) is 24.0 Å². The van der Waals surface area contributed by atoms with Crippen molar-refractivity contribution in [1.82, 2.24) is 4.90 Å². The zero-order valence-electron chi connectivity index (χ0n) is 9.69. The molecule has 86 valence electrons. The van der Waals surface area contributed by atoms with Crippen LogP contribution in [0.2, 0.25) is 0 Å². The second-order valence-electron chi connectivity index (χ2n) is 4.84. The molecule has 1 unspecified atom stereocenters. The van der Waals surface area contributed by atoms with Gasteiger partial charge in [0.1, 0.15) is 6.23 Å². The minimum Gasteiger partial charge on any atom is -0.358 e. The van der Waals surface area contributed by atoms with Crippen molar-refractivity contribution in [2.45, 2.75) is 38.5 Å². The van der Waals surface area contributed by atoms with E-state index in [4.69, 9.17) is 4.74 Å². The number of rotatable bonds is 1. The molecule has 2 heteroatoms. The molecular formula is C14H19NO. The van der Waals surface area contributed by atoms with Crippen LogP contribution in [-0.4, -0.2) is 24.2 Å². The fourth-order valence-electron chi connectivity index (χ4n) is 2.77. The van der Waals surface area contributed by atoms with Crippen molar-refractivity contribution < 1.29 is 4.74 Å². The Labute approximate surface area is 97.2 Å². The Kier molecular flexibility index (Phi) is 2.94. The first-order chi connectivity index (χ1) is 7.93. The van der Waals surface area contributed by atoms with Gasteiger partial charge >= 0.3 is 0 Å². The number of benzene rings is 1. The Morgan fingerprint density at radius 3 is 2.56 bits per heavy atom. The van der Waals surface area contributed by atoms with E-state index in [1.165, 1.54) is 43.5 Å². The molecule has 0 aromatic heterocycles. The minimum atomic E-state index is 0.329. The summed E-state index contributed by atoms with van der Waals surface area (Å²) in [6, 6.07) is 8.66. The first-order valence-electron chi connectivity index (χ1n) is 6.36. The van der Waals surface area contributed by atoms with E-state index in [2.05, 4.69) is 29.2 Å². The van der Waals surface area contributed by atoms with Crippen LogP contribution in [0.5, 0.6) is 0 Å². The Bertz CT molecular complexity index is 358. The van der Waals surface area contributed by atoms with Crippen LogP contribution in [0.15, 0.2) is 24.3 Å². The number of nitrogens with zero attached hydrogens (tertiary/aromatic N) is 1. The van der Waals surface area contributed by atoms with Crippen LogP contribution < -0.4 is 0 Å². The van der Waals surface area contributed by atoms with Gasteiger partial charge in [0.25, 0.3) is 0 Å². The lowest BCUT2D eigenvalue weighted by Gasteiger charge is -2.37. The maximum absolute atomic E-state index is 5.97. The normalized spacial score (nSPS) is 26.4. The molecule has 0 spiro atoms. The molecule has 1 atom stereocenters. The van der Waals surface area contributed by atoms with Crippen molar-refractivity contribution in [2.24, 2.45) is 0 Å². The van der Waals surface area contributed by atoms with Gasteiger partial charge in [0.05, 0.1) is 6.61 Å². The summed E-state index contributed by atoms with van der Waals surface area (Å²) >= 11 is 0. The summed E-state index contributed by atoms with van der Waals surface area (Å²) in [5.74, 6) is 0. The summed E-state index contributed by atoms with van der Waals surface area (Å²) < 4.78 is 5.97. The monoisotopic (exact) mass is 217 g/mol. The summed E-state index contributed by atoms with van der Waals surface area (Å²) in [5.41, 5.74) is 2.85. The molecule has 0 N–H and O–H groups in total. The van der Waals surface area contributed by atoms with Gasteiger partial charge in [-0.2, -0.15) is 0 Å². The average molecular weight is 217 g/mol. The van der Waals surface area contributed by atoms with Gasteiger partial charge in [-0.15, -0.1) is 0 Å². The van der Waals surface area contributed by atoms with Crippen molar-refractivity contribution in [1.29, 1.82) is 0 Å². The van der Waals surface area contributed by atoms with Crippen molar-refractivity contribution >= 4 is 0 Å². The van der Waals surface area contributed by atoms with E-state index < -0.39 is 0 Å². The molecule has 3 rings (SSSR count). The second-order valence-corrected chi connectivity index (χ2v) is 4.84. The average Bonchev–Trinajstić information content (AvgIpc) is 2.39. The third kappa shape index (κ3) is 2.00. The van der Waals surface area contributed by atoms with Crippen LogP contribution in [0, 0.1) is 0 Å². The lowest BCUT2D eigenvalue weighted by molar-refractivity contribution is -0.0833. The Hall–Kier alpha value is -0.860. The zero-order chi connectivity index (χ0) is 10.8. The van der Waals surface area contributed by atoms with Gasteiger partial charge in [-0.1, -0.05) is 30.7 Å². The SMILES string of the molecule is c1ccc2c(c1)COC(N1CCCCC1)C2. The quantitative estimate of drug-likeness (QED) is 0.717. The third-order valence-electron chi connectivity index (χ3n) is 3.74. The predicted octanol–water partition coefficient (Wildman–Crippen LogP) is 2.57. The number of fused-ring (bicyclic) bond motifs is 1. The van der Waals surface area contributed by atoms with Crippen LogP contribution in [0.25, 0.3) is 0 Å². The van der Waals surface area contributed by atoms with Gasteiger partial charge in [0.15, 0.2) is 0 Å². The number of ether oxygens (including phenoxy) is 1. The Morgan fingerprint density at radius 1 is 1.00 bits per heavy atom. The van der Waals surface area contributed by atoms with Gasteiger partial charge in [0, 0.05) is 19.5 Å². The summed E-state index contributed by atoms with van der Waals surface area (Å²) in [5, 5.41) is 0. The summed E-state index contributed by atoms with van der Waals surface area (Å²) in [7, 11) is 0. The summed E-state index contributed by atoms with van der Waals surface area (Å²) in [6.07, 6.45) is 5.45. The first-order valence-corrected chi connectivity index (χ1v) is 6.36. The number of hydrogen-bond donors (Lipinski definition) is 0. The molecule has 2 nitrogen and oxygen atoms in total. The lowest BCUT2D eigenvalue weighted by Crippen LogP contribution is -2.43. The molecule has 2 heterocycles. The predicted molar refractivity (Wildman–Crippen MR) is 64.1 cm³/mol. The highest BCUT2D eigenvalue weighted by Crippen LogP contribution is 2.24. The molecule has 1 aromatic rings. The molecule has 0 radical (unpaired) electrons. The molecular weight excluding hydrogens is 198 g/mol. The van der Waals surface area contributed by atoms with Crippen LogP contribution >= 0.6 is 0 Å². The smallest absolute Gasteiger partial charge is 0.115 e. The van der Waals surface area contributed by atoms with Crippen LogP contribution in [0.1, 0.15) is 30.4 Å². The highest BCUT2D eigenvalue weighted by atomic mass is 16.5. The molecule has 0 bridgehead atoms. The maximum atomic E-state index is 5.97. The molecule has 2 aliphatic rings. The molecule has 1 fully saturated rings. The summed E-state index contributed by atoms with van der Waals surface area (Å²) in [4.78, 5) is 2.51. The zero-order valence-corrected chi connectivity index (χ0v) is 9.69. The third-order valence-corrected chi connectivity index (χ3v) is 3.74. The number of hydrogen-bond acceptors (Lipinski definition) is 2. The van der Waals surface area contributed by atoms with Gasteiger partial charge in [-0.25, -0.2) is 0 Å². The second kappa shape index (κ2) is 4.56. The maximum Gasteiger partial charge on any atom is 0.115 e. The van der Waals surface area contributed by atoms with Gasteiger partial charge < -0.3 is 4.74 Å². The number of likely N-dealkylation sites (tertiary alicyclic amines) is 1. The molecule has 0 saturated carbocycles. The molecule has 1 aromatic carbocycles. The lowest BCUT2D eigenvalue weighted by atomic mass is 10.0. The van der Waals surface area contributed by atoms with E-state index in [9.17, 15) is 0 Å². The molecule has 16 heavy (non-hydrogen) atoms. The van der Waals surface area contributed by atoms with Crippen LogP contribution in [0.4, 0.5) is 0 Å². The minimum absolute atomic E-state index is 0.329. The number of piperidine rings is 1. The van der Waals surface area contributed by atoms with E-state index in [1.54, 1.807) is 0 Å². The van der Waals surface area contributed by atoms with E-state index in [0.29, 0.717) is 6.23 Å². The highest BCUT2D eigenvalue weighted by Gasteiger charge is 2.25. The van der Waals surface area contributed by atoms with E-state index >= 15 is 0 Å². The van der Waals surface area contributed by atoms with Crippen molar-refractivity contribution in [2.75, 3.05) is 13.1 Å². The van der Waals surface area contributed by atoms with E-state index in [0.717, 1.165) is 13.0 Å². The van der Waals surface area contributed by atoms with Crippen molar-refractivity contribution in [3.05, 3.63) is 35.4 Å². The standard InChI is InChI=1S/C14H19NO/c1-4-8-15(9-5-1)14-10-12-6-2-3-7-13(12)11-16-14/h2-3,6-7,14H,1,4-5,8-11H2. The van der Waals surface area contributed by atoms with Crippen LogP contribution in [0.3, 0.4) is 0 Å². The van der Waals surface area contributed by atoms with Gasteiger partial charge in [-0.3, -0.25) is 4.90 Å². The largest absolute Gasteiger partial charge is 0.358 e.